The first-order valence-electron chi connectivity index (χ1n) is 12.8. The van der Waals surface area contributed by atoms with Crippen LogP contribution in [0.15, 0.2) is 47.1 Å². The van der Waals surface area contributed by atoms with Gasteiger partial charge in [0.05, 0.1) is 11.8 Å². The van der Waals surface area contributed by atoms with Crippen LogP contribution in [0.25, 0.3) is 17.4 Å². The van der Waals surface area contributed by atoms with Crippen molar-refractivity contribution < 1.29 is 14.3 Å². The third-order valence-electron chi connectivity index (χ3n) is 7.47. The SMILES string of the molecule is Cl.Nc1nc(N2CCCC(CN3CCC(c4cccc(C(=O)O)c4)CC3)C2)nc2nc(-c3ccco3)nn12. The molecule has 4 aromatic rings. The van der Waals surface area contributed by atoms with Crippen LogP contribution < -0.4 is 10.6 Å². The first kappa shape index (κ1) is 25.9. The third-order valence-corrected chi connectivity index (χ3v) is 7.47. The van der Waals surface area contributed by atoms with Crippen molar-refractivity contribution in [3.05, 3.63) is 53.8 Å². The molecule has 38 heavy (non-hydrogen) atoms. The zero-order valence-corrected chi connectivity index (χ0v) is 21.8. The highest BCUT2D eigenvalue weighted by Gasteiger charge is 2.28. The molecule has 200 valence electrons. The van der Waals surface area contributed by atoms with Crippen LogP contribution in [0.3, 0.4) is 0 Å². The number of nitrogen functional groups attached to an aromatic ring is 1. The van der Waals surface area contributed by atoms with Gasteiger partial charge in [0.15, 0.2) is 5.76 Å². The van der Waals surface area contributed by atoms with Gasteiger partial charge in [-0.1, -0.05) is 12.1 Å². The quantitative estimate of drug-likeness (QED) is 0.374. The predicted octanol–water partition coefficient (Wildman–Crippen LogP) is 3.58. The highest BCUT2D eigenvalue weighted by atomic mass is 35.5. The maximum Gasteiger partial charge on any atom is 0.335 e. The van der Waals surface area contributed by atoms with E-state index in [0.717, 1.165) is 57.5 Å². The van der Waals surface area contributed by atoms with Crippen molar-refractivity contribution in [1.29, 1.82) is 0 Å². The van der Waals surface area contributed by atoms with Gasteiger partial charge in [-0.15, -0.1) is 17.5 Å². The fourth-order valence-electron chi connectivity index (χ4n) is 5.58. The van der Waals surface area contributed by atoms with Crippen LogP contribution in [0.5, 0.6) is 0 Å². The second-order valence-corrected chi connectivity index (χ2v) is 9.97. The molecule has 0 saturated carbocycles. The van der Waals surface area contributed by atoms with Crippen LogP contribution in [-0.4, -0.2) is 73.3 Å². The van der Waals surface area contributed by atoms with Gasteiger partial charge in [0.25, 0.3) is 5.78 Å². The summed E-state index contributed by atoms with van der Waals surface area (Å²) in [6.45, 7) is 4.82. The van der Waals surface area contributed by atoms with Crippen LogP contribution in [0.1, 0.15) is 47.5 Å². The number of piperidine rings is 2. The number of furan rings is 1. The fraction of sp³-hybridized carbons (Fsp3) is 0.423. The molecule has 0 spiro atoms. The lowest BCUT2D eigenvalue weighted by Gasteiger charge is -2.38. The summed E-state index contributed by atoms with van der Waals surface area (Å²) in [5, 5.41) is 13.7. The van der Waals surface area contributed by atoms with Gasteiger partial charge in [-0.3, -0.25) is 0 Å². The number of rotatable bonds is 6. The van der Waals surface area contributed by atoms with Crippen molar-refractivity contribution in [2.24, 2.45) is 5.92 Å². The Labute approximate surface area is 226 Å². The molecular weight excluding hydrogens is 508 g/mol. The summed E-state index contributed by atoms with van der Waals surface area (Å²) in [6, 6.07) is 11.0. The summed E-state index contributed by atoms with van der Waals surface area (Å²) < 4.78 is 6.85. The van der Waals surface area contributed by atoms with Gasteiger partial charge < -0.3 is 25.1 Å². The molecule has 3 N–H and O–H groups in total. The molecule has 2 aliphatic heterocycles. The Morgan fingerprint density at radius 2 is 1.92 bits per heavy atom. The largest absolute Gasteiger partial charge is 0.478 e. The van der Waals surface area contributed by atoms with Crippen LogP contribution in [-0.2, 0) is 0 Å². The first-order chi connectivity index (χ1) is 18.0. The van der Waals surface area contributed by atoms with E-state index in [-0.39, 0.29) is 18.4 Å². The lowest BCUT2D eigenvalue weighted by atomic mass is 9.88. The normalized spacial score (nSPS) is 18.9. The Bertz CT molecular complexity index is 1400. The minimum absolute atomic E-state index is 0. The number of likely N-dealkylation sites (tertiary alicyclic amines) is 1. The number of benzene rings is 1. The standard InChI is InChI=1S/C26H30N8O3.ClH/c27-24-29-25(30-26-28-22(31-34(24)26)21-7-3-13-37-21)33-10-2-4-17(16-33)15-32-11-8-18(9-12-32)19-5-1-6-20(14-19)23(35)36;/h1,3,5-7,13-14,17-18H,2,4,8-12,15-16H2,(H,35,36)(H2,27,28,29,30,31);1H. The Morgan fingerprint density at radius 1 is 1.08 bits per heavy atom. The van der Waals surface area contributed by atoms with Crippen molar-refractivity contribution in [3.8, 4) is 11.6 Å². The molecule has 2 fully saturated rings. The number of carboxylic acids is 1. The molecule has 1 unspecified atom stereocenters. The average molecular weight is 539 g/mol. The number of aromatic carboxylic acids is 1. The Hall–Kier alpha value is -3.70. The highest BCUT2D eigenvalue weighted by Crippen LogP contribution is 2.30. The summed E-state index contributed by atoms with van der Waals surface area (Å²) in [5.74, 6) is 2.29. The van der Waals surface area contributed by atoms with Gasteiger partial charge >= 0.3 is 5.97 Å². The lowest BCUT2D eigenvalue weighted by Crippen LogP contribution is -2.43. The van der Waals surface area contributed by atoms with Crippen molar-refractivity contribution in [2.45, 2.75) is 31.6 Å². The van der Waals surface area contributed by atoms with E-state index in [1.54, 1.807) is 24.5 Å². The molecule has 2 saturated heterocycles. The van der Waals surface area contributed by atoms with E-state index in [1.807, 2.05) is 12.1 Å². The van der Waals surface area contributed by atoms with Gasteiger partial charge in [-0.05, 0) is 80.4 Å². The molecule has 1 aromatic carbocycles. The number of nitrogens with two attached hydrogens (primary N) is 1. The summed E-state index contributed by atoms with van der Waals surface area (Å²) in [6.07, 6.45) is 5.90. The number of carboxylic acid groups (broad SMARTS) is 1. The first-order valence-corrected chi connectivity index (χ1v) is 12.8. The number of aromatic nitrogens is 5. The molecule has 3 aromatic heterocycles. The maximum absolute atomic E-state index is 11.3. The summed E-state index contributed by atoms with van der Waals surface area (Å²) in [7, 11) is 0. The monoisotopic (exact) mass is 538 g/mol. The fourth-order valence-corrected chi connectivity index (χ4v) is 5.58. The smallest absolute Gasteiger partial charge is 0.335 e. The van der Waals surface area contributed by atoms with Gasteiger partial charge in [0, 0.05) is 19.6 Å². The van der Waals surface area contributed by atoms with Gasteiger partial charge in [0.2, 0.25) is 17.7 Å². The number of hydrogen-bond donors (Lipinski definition) is 2. The summed E-state index contributed by atoms with van der Waals surface area (Å²) in [5.41, 5.74) is 7.72. The number of anilines is 2. The number of fused-ring (bicyclic) bond motifs is 1. The molecule has 1 atom stereocenters. The van der Waals surface area contributed by atoms with Gasteiger partial charge in [0.1, 0.15) is 0 Å². The number of halogens is 1. The van der Waals surface area contributed by atoms with Crippen LogP contribution >= 0.6 is 12.4 Å². The van der Waals surface area contributed by atoms with E-state index < -0.39 is 5.97 Å². The molecule has 0 amide bonds. The van der Waals surface area contributed by atoms with Crippen LogP contribution in [0.2, 0.25) is 0 Å². The molecule has 11 nitrogen and oxygen atoms in total. The number of nitrogens with zero attached hydrogens (tertiary/aromatic N) is 7. The summed E-state index contributed by atoms with van der Waals surface area (Å²) >= 11 is 0. The van der Waals surface area contributed by atoms with Crippen molar-refractivity contribution in [2.75, 3.05) is 43.4 Å². The maximum atomic E-state index is 11.3. The second kappa shape index (κ2) is 11.0. The molecule has 12 heteroatoms. The average Bonchev–Trinajstić information content (AvgIpc) is 3.60. The minimum Gasteiger partial charge on any atom is -0.478 e. The number of hydrogen-bond acceptors (Lipinski definition) is 9. The number of carbonyl (C=O) groups is 1. The minimum atomic E-state index is -0.868. The zero-order chi connectivity index (χ0) is 25.4. The Balaban J connectivity index is 0.00000294. The van der Waals surface area contributed by atoms with Crippen molar-refractivity contribution in [3.63, 3.8) is 0 Å². The van der Waals surface area contributed by atoms with E-state index in [9.17, 15) is 9.90 Å². The Kier molecular flexibility index (Phi) is 7.48. The van der Waals surface area contributed by atoms with E-state index in [0.29, 0.717) is 40.7 Å². The summed E-state index contributed by atoms with van der Waals surface area (Å²) in [4.78, 5) is 29.8. The van der Waals surface area contributed by atoms with Crippen molar-refractivity contribution >= 4 is 36.1 Å². The second-order valence-electron chi connectivity index (χ2n) is 9.97. The van der Waals surface area contributed by atoms with E-state index in [4.69, 9.17) is 10.2 Å². The molecule has 2 aliphatic rings. The lowest BCUT2D eigenvalue weighted by molar-refractivity contribution is 0.0696. The predicted molar refractivity (Wildman–Crippen MR) is 145 cm³/mol. The van der Waals surface area contributed by atoms with E-state index in [2.05, 4.69) is 35.9 Å². The van der Waals surface area contributed by atoms with Crippen LogP contribution in [0.4, 0.5) is 11.9 Å². The third kappa shape index (κ3) is 5.30. The van der Waals surface area contributed by atoms with E-state index >= 15 is 0 Å². The Morgan fingerprint density at radius 3 is 2.68 bits per heavy atom. The topological polar surface area (TPSA) is 139 Å². The highest BCUT2D eigenvalue weighted by molar-refractivity contribution is 5.87. The van der Waals surface area contributed by atoms with Gasteiger partial charge in [-0.2, -0.15) is 19.5 Å². The molecule has 0 aliphatic carbocycles. The van der Waals surface area contributed by atoms with E-state index in [1.165, 1.54) is 10.9 Å². The molecular formula is C26H31ClN8O3. The molecule has 6 rings (SSSR count). The zero-order valence-electron chi connectivity index (χ0n) is 20.9. The van der Waals surface area contributed by atoms with Gasteiger partial charge in [-0.25, -0.2) is 4.79 Å². The molecule has 0 bridgehead atoms. The molecule has 0 radical (unpaired) electrons. The molecule has 5 heterocycles. The van der Waals surface area contributed by atoms with Crippen LogP contribution in [0, 0.1) is 5.92 Å². The van der Waals surface area contributed by atoms with Crippen molar-refractivity contribution in [1.82, 2.24) is 29.5 Å².